The number of halogens is 1. The Balaban J connectivity index is 1.61. The maximum Gasteiger partial charge on any atom is 0.254 e. The zero-order chi connectivity index (χ0) is 16.5. The summed E-state index contributed by atoms with van der Waals surface area (Å²) in [5, 5.41) is 10.4. The summed E-state index contributed by atoms with van der Waals surface area (Å²) >= 11 is 3.49. The van der Waals surface area contributed by atoms with Gasteiger partial charge < -0.3 is 10.6 Å². The predicted octanol–water partition coefficient (Wildman–Crippen LogP) is 2.89. The van der Waals surface area contributed by atoms with E-state index in [9.17, 15) is 4.79 Å². The summed E-state index contributed by atoms with van der Waals surface area (Å²) in [6.45, 7) is 1.01. The molecular formula is C17H14BrN5O. The second-order valence-corrected chi connectivity index (χ2v) is 6.26. The standard InChI is InChI=1S/C17H14BrN5O/c18-13-6-7-14(16-12(13)8-20-17(16)24)19-9-15-21-10-22-23(15)11-4-2-1-3-5-11/h1-7,10,19H,8-9H2,(H,20,24). The van der Waals surface area contributed by atoms with Crippen LogP contribution < -0.4 is 10.6 Å². The van der Waals surface area contributed by atoms with Crippen LogP contribution >= 0.6 is 15.9 Å². The predicted molar refractivity (Wildman–Crippen MR) is 94.0 cm³/mol. The molecule has 3 aromatic rings. The van der Waals surface area contributed by atoms with Crippen LogP contribution in [-0.4, -0.2) is 20.7 Å². The first-order valence-electron chi connectivity index (χ1n) is 7.52. The molecular weight excluding hydrogens is 370 g/mol. The number of fused-ring (bicyclic) bond motifs is 1. The molecule has 0 bridgehead atoms. The summed E-state index contributed by atoms with van der Waals surface area (Å²) < 4.78 is 2.72. The first-order valence-corrected chi connectivity index (χ1v) is 8.31. The maximum atomic E-state index is 12.1. The number of benzene rings is 2. The molecule has 0 fully saturated rings. The number of nitrogens with one attached hydrogen (secondary N) is 2. The number of carbonyl (C=O) groups is 1. The zero-order valence-electron chi connectivity index (χ0n) is 12.7. The molecule has 0 saturated carbocycles. The van der Waals surface area contributed by atoms with Crippen LogP contribution in [0.3, 0.4) is 0 Å². The summed E-state index contributed by atoms with van der Waals surface area (Å²) in [5.74, 6) is 0.717. The fourth-order valence-electron chi connectivity index (χ4n) is 2.80. The Hall–Kier alpha value is -2.67. The second-order valence-electron chi connectivity index (χ2n) is 5.41. The van der Waals surface area contributed by atoms with Crippen molar-refractivity contribution in [2.45, 2.75) is 13.1 Å². The van der Waals surface area contributed by atoms with Crippen LogP contribution in [0.15, 0.2) is 53.3 Å². The molecule has 24 heavy (non-hydrogen) atoms. The van der Waals surface area contributed by atoms with Gasteiger partial charge in [0.25, 0.3) is 5.91 Å². The Morgan fingerprint density at radius 1 is 1.21 bits per heavy atom. The average molecular weight is 384 g/mol. The number of hydrogen-bond donors (Lipinski definition) is 2. The fourth-order valence-corrected chi connectivity index (χ4v) is 3.27. The van der Waals surface area contributed by atoms with Crippen molar-refractivity contribution >= 4 is 27.5 Å². The SMILES string of the molecule is O=C1NCc2c(Br)ccc(NCc3ncnn3-c3ccccc3)c21. The third-order valence-corrected chi connectivity index (χ3v) is 4.71. The van der Waals surface area contributed by atoms with Crippen LogP contribution in [-0.2, 0) is 13.1 Å². The highest BCUT2D eigenvalue weighted by molar-refractivity contribution is 9.10. The number of rotatable bonds is 4. The highest BCUT2D eigenvalue weighted by atomic mass is 79.9. The van der Waals surface area contributed by atoms with Gasteiger partial charge in [-0.3, -0.25) is 4.79 Å². The minimum Gasteiger partial charge on any atom is -0.377 e. The van der Waals surface area contributed by atoms with Gasteiger partial charge >= 0.3 is 0 Å². The van der Waals surface area contributed by atoms with Gasteiger partial charge in [0, 0.05) is 22.3 Å². The van der Waals surface area contributed by atoms with Gasteiger partial charge in [-0.05, 0) is 24.3 Å². The Bertz CT molecular complexity index is 907. The number of aromatic nitrogens is 3. The molecule has 4 rings (SSSR count). The third-order valence-electron chi connectivity index (χ3n) is 3.96. The highest BCUT2D eigenvalue weighted by Gasteiger charge is 2.24. The number of carbonyl (C=O) groups excluding carboxylic acids is 1. The molecule has 1 aliphatic rings. The molecule has 2 aromatic carbocycles. The molecule has 120 valence electrons. The number of amides is 1. The minimum absolute atomic E-state index is 0.0571. The number of para-hydroxylation sites is 1. The number of nitrogens with zero attached hydrogens (tertiary/aromatic N) is 3. The van der Waals surface area contributed by atoms with Crippen LogP contribution in [0.4, 0.5) is 5.69 Å². The first kappa shape index (κ1) is 14.9. The van der Waals surface area contributed by atoms with E-state index in [1.54, 1.807) is 4.68 Å². The van der Waals surface area contributed by atoms with Crippen molar-refractivity contribution < 1.29 is 4.79 Å². The lowest BCUT2D eigenvalue weighted by Gasteiger charge is -2.11. The van der Waals surface area contributed by atoms with E-state index in [4.69, 9.17) is 0 Å². The lowest BCUT2D eigenvalue weighted by molar-refractivity contribution is 0.0966. The summed E-state index contributed by atoms with van der Waals surface area (Å²) in [5.41, 5.74) is 3.42. The Kier molecular flexibility index (Phi) is 3.78. The molecule has 0 saturated heterocycles. The van der Waals surface area contributed by atoms with E-state index in [1.807, 2.05) is 42.5 Å². The Morgan fingerprint density at radius 3 is 2.88 bits per heavy atom. The van der Waals surface area contributed by atoms with Crippen molar-refractivity contribution in [3.8, 4) is 5.69 Å². The van der Waals surface area contributed by atoms with Gasteiger partial charge in [0.05, 0.1) is 17.8 Å². The van der Waals surface area contributed by atoms with Crippen LogP contribution in [0.5, 0.6) is 0 Å². The van der Waals surface area contributed by atoms with Gasteiger partial charge in [-0.25, -0.2) is 9.67 Å². The van der Waals surface area contributed by atoms with Gasteiger partial charge in [-0.1, -0.05) is 34.1 Å². The molecule has 6 nitrogen and oxygen atoms in total. The van der Waals surface area contributed by atoms with Gasteiger partial charge in [0.2, 0.25) is 0 Å². The van der Waals surface area contributed by atoms with E-state index in [0.29, 0.717) is 18.7 Å². The zero-order valence-corrected chi connectivity index (χ0v) is 14.2. The van der Waals surface area contributed by atoms with Gasteiger partial charge in [-0.2, -0.15) is 5.10 Å². The van der Waals surface area contributed by atoms with E-state index < -0.39 is 0 Å². The van der Waals surface area contributed by atoms with Crippen LogP contribution in [0.2, 0.25) is 0 Å². The molecule has 2 heterocycles. The van der Waals surface area contributed by atoms with Gasteiger partial charge in [0.15, 0.2) is 5.82 Å². The quantitative estimate of drug-likeness (QED) is 0.726. The van der Waals surface area contributed by atoms with Crippen molar-refractivity contribution in [2.75, 3.05) is 5.32 Å². The van der Waals surface area contributed by atoms with E-state index in [-0.39, 0.29) is 5.91 Å². The first-order chi connectivity index (χ1) is 11.7. The van der Waals surface area contributed by atoms with Crippen molar-refractivity contribution in [3.63, 3.8) is 0 Å². The molecule has 0 spiro atoms. The van der Waals surface area contributed by atoms with E-state index in [1.165, 1.54) is 6.33 Å². The van der Waals surface area contributed by atoms with Crippen LogP contribution in [0.25, 0.3) is 5.69 Å². The number of anilines is 1. The van der Waals surface area contributed by atoms with Crippen LogP contribution in [0.1, 0.15) is 21.7 Å². The molecule has 1 aliphatic heterocycles. The van der Waals surface area contributed by atoms with Crippen molar-refractivity contribution in [2.24, 2.45) is 0 Å². The lowest BCUT2D eigenvalue weighted by Crippen LogP contribution is -2.15. The molecule has 1 aromatic heterocycles. The van der Waals surface area contributed by atoms with Crippen molar-refractivity contribution in [1.29, 1.82) is 0 Å². The summed E-state index contributed by atoms with van der Waals surface area (Å²) in [4.78, 5) is 16.4. The third kappa shape index (κ3) is 2.56. The molecule has 0 atom stereocenters. The molecule has 0 radical (unpaired) electrons. The second kappa shape index (κ2) is 6.09. The average Bonchev–Trinajstić information content (AvgIpc) is 3.23. The Labute approximate surface area is 147 Å². The minimum atomic E-state index is -0.0571. The normalized spacial score (nSPS) is 12.8. The molecule has 7 heteroatoms. The smallest absolute Gasteiger partial charge is 0.254 e. The highest BCUT2D eigenvalue weighted by Crippen LogP contribution is 2.31. The molecule has 1 amide bonds. The van der Waals surface area contributed by atoms with Crippen LogP contribution in [0, 0.1) is 0 Å². The van der Waals surface area contributed by atoms with Gasteiger partial charge in [0.1, 0.15) is 6.33 Å². The molecule has 0 unspecified atom stereocenters. The van der Waals surface area contributed by atoms with Crippen molar-refractivity contribution in [3.05, 3.63) is 70.2 Å². The topological polar surface area (TPSA) is 71.8 Å². The monoisotopic (exact) mass is 383 g/mol. The summed E-state index contributed by atoms with van der Waals surface area (Å²) in [6, 6.07) is 13.7. The Morgan fingerprint density at radius 2 is 2.04 bits per heavy atom. The summed E-state index contributed by atoms with van der Waals surface area (Å²) in [6.07, 6.45) is 1.53. The largest absolute Gasteiger partial charge is 0.377 e. The summed E-state index contributed by atoms with van der Waals surface area (Å²) in [7, 11) is 0. The van der Waals surface area contributed by atoms with Gasteiger partial charge in [-0.15, -0.1) is 0 Å². The van der Waals surface area contributed by atoms with E-state index >= 15 is 0 Å². The van der Waals surface area contributed by atoms with Crippen molar-refractivity contribution in [1.82, 2.24) is 20.1 Å². The molecule has 0 aliphatic carbocycles. The fraction of sp³-hybridized carbons (Fsp3) is 0.118. The van der Waals surface area contributed by atoms with E-state index in [0.717, 1.165) is 27.2 Å². The van der Waals surface area contributed by atoms with E-state index in [2.05, 4.69) is 36.6 Å². The molecule has 2 N–H and O–H groups in total. The number of hydrogen-bond acceptors (Lipinski definition) is 4. The lowest BCUT2D eigenvalue weighted by atomic mass is 10.1. The maximum absolute atomic E-state index is 12.1.